The van der Waals surface area contributed by atoms with E-state index in [0.29, 0.717) is 24.2 Å². The van der Waals surface area contributed by atoms with Crippen molar-refractivity contribution in [1.82, 2.24) is 4.90 Å². The second-order valence-electron chi connectivity index (χ2n) is 4.79. The first-order valence-corrected chi connectivity index (χ1v) is 6.04. The fourth-order valence-electron chi connectivity index (χ4n) is 1.78. The quantitative estimate of drug-likeness (QED) is 0.872. The van der Waals surface area contributed by atoms with Crippen molar-refractivity contribution in [3.8, 4) is 6.07 Å². The van der Waals surface area contributed by atoms with E-state index in [1.54, 1.807) is 13.0 Å². The minimum absolute atomic E-state index is 0.199. The molecule has 0 aliphatic carbocycles. The fourth-order valence-corrected chi connectivity index (χ4v) is 1.78. The first-order chi connectivity index (χ1) is 8.43. The van der Waals surface area contributed by atoms with Gasteiger partial charge in [0.15, 0.2) is 0 Å². The Labute approximate surface area is 107 Å². The SMILES string of the molecule is CC(O)CN(Cc1cc(C#N)ccc1F)C(C)C. The standard InChI is InChI=1S/C14H19FN2O/c1-10(2)17(8-11(3)18)9-13-6-12(7-16)4-5-14(13)15/h4-6,10-11,18H,8-9H2,1-3H3. The van der Waals surface area contributed by atoms with Gasteiger partial charge in [-0.2, -0.15) is 5.26 Å². The predicted molar refractivity (Wildman–Crippen MR) is 68.3 cm³/mol. The first kappa shape index (κ1) is 14.6. The molecule has 1 rings (SSSR count). The molecule has 0 saturated heterocycles. The van der Waals surface area contributed by atoms with Crippen LogP contribution in [0.25, 0.3) is 0 Å². The summed E-state index contributed by atoms with van der Waals surface area (Å²) >= 11 is 0. The van der Waals surface area contributed by atoms with Crippen molar-refractivity contribution in [2.45, 2.75) is 39.5 Å². The van der Waals surface area contributed by atoms with Gasteiger partial charge >= 0.3 is 0 Å². The van der Waals surface area contributed by atoms with Crippen LogP contribution >= 0.6 is 0 Å². The number of halogens is 1. The van der Waals surface area contributed by atoms with E-state index in [4.69, 9.17) is 5.26 Å². The maximum Gasteiger partial charge on any atom is 0.127 e. The van der Waals surface area contributed by atoms with Gasteiger partial charge < -0.3 is 5.11 Å². The average molecular weight is 250 g/mol. The van der Waals surface area contributed by atoms with Crippen molar-refractivity contribution in [2.75, 3.05) is 6.54 Å². The van der Waals surface area contributed by atoms with E-state index in [1.165, 1.54) is 12.1 Å². The van der Waals surface area contributed by atoms with Crippen molar-refractivity contribution >= 4 is 0 Å². The second-order valence-corrected chi connectivity index (χ2v) is 4.79. The molecule has 0 amide bonds. The summed E-state index contributed by atoms with van der Waals surface area (Å²) in [6, 6.07) is 6.54. The van der Waals surface area contributed by atoms with Gasteiger partial charge in [-0.15, -0.1) is 0 Å². The molecule has 18 heavy (non-hydrogen) atoms. The summed E-state index contributed by atoms with van der Waals surface area (Å²) in [6.45, 7) is 6.57. The topological polar surface area (TPSA) is 47.3 Å². The maximum absolute atomic E-state index is 13.7. The van der Waals surface area contributed by atoms with Crippen molar-refractivity contribution in [1.29, 1.82) is 5.26 Å². The number of nitriles is 1. The van der Waals surface area contributed by atoms with E-state index >= 15 is 0 Å². The molecule has 98 valence electrons. The molecule has 1 aromatic rings. The Balaban J connectivity index is 2.90. The maximum atomic E-state index is 13.7. The summed E-state index contributed by atoms with van der Waals surface area (Å²) in [6.07, 6.45) is -0.463. The van der Waals surface area contributed by atoms with Crippen molar-refractivity contribution in [2.24, 2.45) is 0 Å². The molecule has 1 N–H and O–H groups in total. The van der Waals surface area contributed by atoms with E-state index in [1.807, 2.05) is 24.8 Å². The molecule has 3 nitrogen and oxygen atoms in total. The van der Waals surface area contributed by atoms with Crippen LogP contribution in [-0.2, 0) is 6.54 Å². The Bertz CT molecular complexity index is 438. The van der Waals surface area contributed by atoms with E-state index < -0.39 is 6.10 Å². The highest BCUT2D eigenvalue weighted by molar-refractivity contribution is 5.33. The van der Waals surface area contributed by atoms with Gasteiger partial charge in [-0.05, 0) is 39.0 Å². The third-order valence-electron chi connectivity index (χ3n) is 2.78. The Hall–Kier alpha value is -1.44. The number of benzene rings is 1. The zero-order valence-electron chi connectivity index (χ0n) is 11.0. The minimum atomic E-state index is -0.463. The van der Waals surface area contributed by atoms with Gasteiger partial charge in [0, 0.05) is 24.7 Å². The van der Waals surface area contributed by atoms with E-state index in [9.17, 15) is 9.50 Å². The number of rotatable bonds is 5. The second kappa shape index (κ2) is 6.48. The van der Waals surface area contributed by atoms with Crippen molar-refractivity contribution in [3.05, 3.63) is 35.1 Å². The molecule has 0 spiro atoms. The number of hydrogen-bond donors (Lipinski definition) is 1. The van der Waals surface area contributed by atoms with Crippen molar-refractivity contribution < 1.29 is 9.50 Å². The third kappa shape index (κ3) is 4.10. The molecule has 0 heterocycles. The van der Waals surface area contributed by atoms with Gasteiger partial charge in [-0.3, -0.25) is 4.90 Å². The molecule has 0 aliphatic rings. The lowest BCUT2D eigenvalue weighted by atomic mass is 10.1. The van der Waals surface area contributed by atoms with Crippen LogP contribution in [0.15, 0.2) is 18.2 Å². The number of aliphatic hydroxyl groups excluding tert-OH is 1. The Morgan fingerprint density at radius 2 is 2.06 bits per heavy atom. The summed E-state index contributed by atoms with van der Waals surface area (Å²) in [5.74, 6) is -0.315. The van der Waals surface area contributed by atoms with Crippen LogP contribution in [-0.4, -0.2) is 28.7 Å². The monoisotopic (exact) mass is 250 g/mol. The Kier molecular flexibility index (Phi) is 5.26. The van der Waals surface area contributed by atoms with E-state index in [0.717, 1.165) is 0 Å². The number of aliphatic hydroxyl groups is 1. The minimum Gasteiger partial charge on any atom is -0.392 e. The number of nitrogens with zero attached hydrogens (tertiary/aromatic N) is 2. The highest BCUT2D eigenvalue weighted by Crippen LogP contribution is 2.14. The summed E-state index contributed by atoms with van der Waals surface area (Å²) < 4.78 is 13.7. The molecule has 1 aromatic carbocycles. The van der Waals surface area contributed by atoms with Gasteiger partial charge in [0.05, 0.1) is 17.7 Å². The van der Waals surface area contributed by atoms with Crippen LogP contribution in [0.4, 0.5) is 4.39 Å². The van der Waals surface area contributed by atoms with Crippen LogP contribution in [0.5, 0.6) is 0 Å². The molecule has 1 unspecified atom stereocenters. The summed E-state index contributed by atoms with van der Waals surface area (Å²) in [5, 5.41) is 18.2. The van der Waals surface area contributed by atoms with Crippen LogP contribution in [0.3, 0.4) is 0 Å². The van der Waals surface area contributed by atoms with Gasteiger partial charge in [-0.1, -0.05) is 0 Å². The summed E-state index contributed by atoms with van der Waals surface area (Å²) in [7, 11) is 0. The largest absolute Gasteiger partial charge is 0.392 e. The summed E-state index contributed by atoms with van der Waals surface area (Å²) in [5.41, 5.74) is 0.940. The van der Waals surface area contributed by atoms with Gasteiger partial charge in [-0.25, -0.2) is 4.39 Å². The average Bonchev–Trinajstić information content (AvgIpc) is 2.30. The third-order valence-corrected chi connectivity index (χ3v) is 2.78. The van der Waals surface area contributed by atoms with Crippen LogP contribution in [0.1, 0.15) is 31.9 Å². The molecule has 0 radical (unpaired) electrons. The highest BCUT2D eigenvalue weighted by Gasteiger charge is 2.15. The lowest BCUT2D eigenvalue weighted by Gasteiger charge is -2.27. The van der Waals surface area contributed by atoms with E-state index in [2.05, 4.69) is 0 Å². The zero-order valence-corrected chi connectivity index (χ0v) is 11.0. The number of hydrogen-bond acceptors (Lipinski definition) is 3. The Morgan fingerprint density at radius 3 is 2.56 bits per heavy atom. The van der Waals surface area contributed by atoms with Crippen LogP contribution in [0.2, 0.25) is 0 Å². The lowest BCUT2D eigenvalue weighted by Crippen LogP contribution is -2.36. The molecule has 0 aromatic heterocycles. The predicted octanol–water partition coefficient (Wildman–Crippen LogP) is 2.29. The van der Waals surface area contributed by atoms with Gasteiger partial charge in [0.1, 0.15) is 5.82 Å². The fraction of sp³-hybridized carbons (Fsp3) is 0.500. The van der Waals surface area contributed by atoms with Crippen LogP contribution < -0.4 is 0 Å². The van der Waals surface area contributed by atoms with Gasteiger partial charge in [0.2, 0.25) is 0 Å². The highest BCUT2D eigenvalue weighted by atomic mass is 19.1. The first-order valence-electron chi connectivity index (χ1n) is 6.04. The Morgan fingerprint density at radius 1 is 1.39 bits per heavy atom. The lowest BCUT2D eigenvalue weighted by molar-refractivity contribution is 0.102. The molecule has 0 fully saturated rings. The zero-order chi connectivity index (χ0) is 13.7. The molecule has 0 aliphatic heterocycles. The normalized spacial score (nSPS) is 12.8. The molecular formula is C14H19FN2O. The molecule has 0 bridgehead atoms. The molecule has 4 heteroatoms. The molecule has 0 saturated carbocycles. The molecule has 1 atom stereocenters. The van der Waals surface area contributed by atoms with E-state index in [-0.39, 0.29) is 11.9 Å². The molecular weight excluding hydrogens is 231 g/mol. The summed E-state index contributed by atoms with van der Waals surface area (Å²) in [4.78, 5) is 1.98. The van der Waals surface area contributed by atoms with Crippen molar-refractivity contribution in [3.63, 3.8) is 0 Å². The van der Waals surface area contributed by atoms with Crippen LogP contribution in [0, 0.1) is 17.1 Å². The smallest absolute Gasteiger partial charge is 0.127 e. The van der Waals surface area contributed by atoms with Gasteiger partial charge in [0.25, 0.3) is 0 Å².